The second-order valence-corrected chi connectivity index (χ2v) is 9.57. The average molecular weight is 465 g/mol. The molecular weight excluding hydrogens is 432 g/mol. The van der Waals surface area contributed by atoms with Gasteiger partial charge in [-0.3, -0.25) is 23.6 Å². The molecule has 0 N–H and O–H groups in total. The van der Waals surface area contributed by atoms with Crippen LogP contribution in [0.5, 0.6) is 0 Å². The van der Waals surface area contributed by atoms with Crippen molar-refractivity contribution in [2.45, 2.75) is 38.6 Å². The number of rotatable bonds is 6. The number of imidazole rings is 1. The molecule has 180 valence electrons. The van der Waals surface area contributed by atoms with E-state index in [0.717, 1.165) is 43.0 Å². The summed E-state index contributed by atoms with van der Waals surface area (Å²) in [6.45, 7) is 4.07. The predicted molar refractivity (Wildman–Crippen MR) is 131 cm³/mol. The Hall–Kier alpha value is -3.20. The lowest BCUT2D eigenvalue weighted by Crippen LogP contribution is -2.41. The first-order valence-electron chi connectivity index (χ1n) is 12.2. The highest BCUT2D eigenvalue weighted by atomic mass is 16.2. The van der Waals surface area contributed by atoms with Gasteiger partial charge in [0.1, 0.15) is 0 Å². The molecule has 0 spiro atoms. The van der Waals surface area contributed by atoms with Gasteiger partial charge in [0.2, 0.25) is 11.9 Å². The third-order valence-electron chi connectivity index (χ3n) is 7.35. The van der Waals surface area contributed by atoms with Crippen molar-refractivity contribution >= 4 is 23.0 Å². The Labute approximate surface area is 198 Å². The summed E-state index contributed by atoms with van der Waals surface area (Å²) < 4.78 is 4.28. The van der Waals surface area contributed by atoms with Crippen molar-refractivity contribution in [3.05, 3.63) is 56.7 Å². The molecule has 1 fully saturated rings. The standard InChI is InChI=1S/C25H32N6O3/c1-27-22-21(23(33)28(2)25(27)34)31-16-11-20(32)30(24(31)26-22)13-6-12-29-14-9-19(10-15-29)17-18-7-4-3-5-8-18/h3-5,7-8,19H,6,9-17H2,1-2H3. The number of fused-ring (bicyclic) bond motifs is 3. The van der Waals surface area contributed by atoms with E-state index in [-0.39, 0.29) is 11.5 Å². The molecule has 2 aromatic heterocycles. The second-order valence-electron chi connectivity index (χ2n) is 9.57. The van der Waals surface area contributed by atoms with Gasteiger partial charge < -0.3 is 9.47 Å². The molecule has 0 saturated carbocycles. The van der Waals surface area contributed by atoms with E-state index in [1.165, 1.54) is 30.0 Å². The zero-order chi connectivity index (χ0) is 23.8. The van der Waals surface area contributed by atoms with E-state index in [0.29, 0.717) is 36.6 Å². The topological polar surface area (TPSA) is 85.4 Å². The van der Waals surface area contributed by atoms with Crippen LogP contribution in [0.3, 0.4) is 0 Å². The SMILES string of the molecule is Cn1c(=O)c2c(nc3n2CCC(=O)N3CCCN2CCC(Cc3ccccc3)CC2)n(C)c1=O. The first kappa shape index (κ1) is 22.6. The van der Waals surface area contributed by atoms with Crippen LogP contribution in [-0.4, -0.2) is 55.7 Å². The minimum absolute atomic E-state index is 0.0196. The Morgan fingerprint density at radius 2 is 1.68 bits per heavy atom. The zero-order valence-electron chi connectivity index (χ0n) is 19.9. The first-order valence-corrected chi connectivity index (χ1v) is 12.2. The molecule has 3 aromatic rings. The summed E-state index contributed by atoms with van der Waals surface area (Å²) in [5.74, 6) is 1.23. The van der Waals surface area contributed by atoms with Gasteiger partial charge in [-0.1, -0.05) is 30.3 Å². The quantitative estimate of drug-likeness (QED) is 0.552. The summed E-state index contributed by atoms with van der Waals surface area (Å²) in [4.78, 5) is 46.6. The number of carbonyl (C=O) groups excluding carboxylic acids is 1. The highest BCUT2D eigenvalue weighted by Gasteiger charge is 2.30. The van der Waals surface area contributed by atoms with Crippen LogP contribution in [0, 0.1) is 5.92 Å². The van der Waals surface area contributed by atoms with Gasteiger partial charge in [-0.05, 0) is 56.8 Å². The average Bonchev–Trinajstić information content (AvgIpc) is 3.24. The maximum atomic E-state index is 12.8. The Balaban J connectivity index is 1.23. The summed E-state index contributed by atoms with van der Waals surface area (Å²) in [7, 11) is 3.08. The fourth-order valence-electron chi connectivity index (χ4n) is 5.35. The number of aryl methyl sites for hydroxylation is 2. The number of piperidine rings is 1. The van der Waals surface area contributed by atoms with Crippen LogP contribution in [0.25, 0.3) is 11.2 Å². The van der Waals surface area contributed by atoms with Crippen LogP contribution >= 0.6 is 0 Å². The van der Waals surface area contributed by atoms with Gasteiger partial charge in [0.15, 0.2) is 11.2 Å². The summed E-state index contributed by atoms with van der Waals surface area (Å²) >= 11 is 0. The molecule has 9 nitrogen and oxygen atoms in total. The fraction of sp³-hybridized carbons (Fsp3) is 0.520. The van der Waals surface area contributed by atoms with Crippen LogP contribution in [0.2, 0.25) is 0 Å². The number of nitrogens with zero attached hydrogens (tertiary/aromatic N) is 6. The van der Waals surface area contributed by atoms with E-state index in [1.54, 1.807) is 16.5 Å². The third-order valence-corrected chi connectivity index (χ3v) is 7.35. The van der Waals surface area contributed by atoms with E-state index in [1.807, 2.05) is 0 Å². The number of carbonyl (C=O) groups is 1. The maximum absolute atomic E-state index is 12.8. The van der Waals surface area contributed by atoms with E-state index >= 15 is 0 Å². The van der Waals surface area contributed by atoms with Crippen LogP contribution in [0.1, 0.15) is 31.2 Å². The number of hydrogen-bond donors (Lipinski definition) is 0. The molecule has 1 aromatic carbocycles. The molecular formula is C25H32N6O3. The van der Waals surface area contributed by atoms with Crippen LogP contribution in [-0.2, 0) is 31.9 Å². The lowest BCUT2D eigenvalue weighted by Gasteiger charge is -2.33. The molecule has 0 radical (unpaired) electrons. The minimum Gasteiger partial charge on any atom is -0.303 e. The number of anilines is 1. The van der Waals surface area contributed by atoms with Crippen molar-refractivity contribution < 1.29 is 4.79 Å². The summed E-state index contributed by atoms with van der Waals surface area (Å²) in [5, 5.41) is 0. The van der Waals surface area contributed by atoms with Crippen molar-refractivity contribution in [1.82, 2.24) is 23.6 Å². The van der Waals surface area contributed by atoms with Crippen molar-refractivity contribution in [3.8, 4) is 0 Å². The molecule has 34 heavy (non-hydrogen) atoms. The number of benzene rings is 1. The lowest BCUT2D eigenvalue weighted by atomic mass is 9.90. The largest absolute Gasteiger partial charge is 0.332 e. The van der Waals surface area contributed by atoms with Crippen molar-refractivity contribution in [2.75, 3.05) is 31.1 Å². The van der Waals surface area contributed by atoms with Gasteiger partial charge in [-0.2, -0.15) is 4.98 Å². The normalized spacial score (nSPS) is 17.5. The number of amides is 1. The Morgan fingerprint density at radius 3 is 2.41 bits per heavy atom. The molecule has 0 bridgehead atoms. The van der Waals surface area contributed by atoms with E-state index < -0.39 is 5.69 Å². The zero-order valence-corrected chi connectivity index (χ0v) is 19.9. The van der Waals surface area contributed by atoms with E-state index in [4.69, 9.17) is 0 Å². The van der Waals surface area contributed by atoms with Crippen molar-refractivity contribution in [2.24, 2.45) is 20.0 Å². The third kappa shape index (κ3) is 4.09. The molecule has 1 amide bonds. The van der Waals surface area contributed by atoms with Gasteiger partial charge in [-0.15, -0.1) is 0 Å². The van der Waals surface area contributed by atoms with Gasteiger partial charge in [0.05, 0.1) is 0 Å². The fourth-order valence-corrected chi connectivity index (χ4v) is 5.35. The molecule has 2 aliphatic rings. The molecule has 0 aliphatic carbocycles. The lowest BCUT2D eigenvalue weighted by molar-refractivity contribution is -0.119. The number of hydrogen-bond acceptors (Lipinski definition) is 5. The molecule has 1 saturated heterocycles. The van der Waals surface area contributed by atoms with Gasteiger partial charge in [-0.25, -0.2) is 4.79 Å². The Kier molecular flexibility index (Phi) is 6.12. The summed E-state index contributed by atoms with van der Waals surface area (Å²) in [5.41, 5.74) is 1.35. The summed E-state index contributed by atoms with van der Waals surface area (Å²) in [6, 6.07) is 10.7. The van der Waals surface area contributed by atoms with Crippen LogP contribution in [0.4, 0.5) is 5.95 Å². The van der Waals surface area contributed by atoms with E-state index in [2.05, 4.69) is 40.2 Å². The molecule has 4 heterocycles. The molecule has 2 aliphatic heterocycles. The minimum atomic E-state index is -0.415. The molecule has 5 rings (SSSR count). The maximum Gasteiger partial charge on any atom is 0.332 e. The number of aromatic nitrogens is 4. The highest BCUT2D eigenvalue weighted by molar-refractivity contribution is 5.95. The van der Waals surface area contributed by atoms with Gasteiger partial charge >= 0.3 is 5.69 Å². The Morgan fingerprint density at radius 1 is 0.941 bits per heavy atom. The van der Waals surface area contributed by atoms with Crippen LogP contribution < -0.4 is 16.1 Å². The van der Waals surface area contributed by atoms with E-state index in [9.17, 15) is 14.4 Å². The molecule has 0 atom stereocenters. The highest BCUT2D eigenvalue weighted by Crippen LogP contribution is 2.26. The van der Waals surface area contributed by atoms with Crippen LogP contribution in [0.15, 0.2) is 39.9 Å². The van der Waals surface area contributed by atoms with Gasteiger partial charge in [0.25, 0.3) is 5.56 Å². The smallest absolute Gasteiger partial charge is 0.303 e. The first-order chi connectivity index (χ1) is 16.4. The molecule has 9 heteroatoms. The predicted octanol–water partition coefficient (Wildman–Crippen LogP) is 1.52. The van der Waals surface area contributed by atoms with Crippen molar-refractivity contribution in [3.63, 3.8) is 0 Å². The molecule has 0 unspecified atom stereocenters. The Bertz CT molecular complexity index is 1310. The monoisotopic (exact) mass is 464 g/mol. The number of likely N-dealkylation sites (tertiary alicyclic amines) is 1. The van der Waals surface area contributed by atoms with Crippen molar-refractivity contribution in [1.29, 1.82) is 0 Å². The second kappa shape index (κ2) is 9.21. The summed E-state index contributed by atoms with van der Waals surface area (Å²) in [6.07, 6.45) is 4.72. The van der Waals surface area contributed by atoms with Gasteiger partial charge in [0, 0.05) is 33.6 Å².